The van der Waals surface area contributed by atoms with Crippen molar-refractivity contribution >= 4 is 15.9 Å². The molecular weight excluding hydrogens is 328 g/mol. The third kappa shape index (κ3) is 3.12. The van der Waals surface area contributed by atoms with E-state index >= 15 is 0 Å². The van der Waals surface area contributed by atoms with Crippen molar-refractivity contribution in [3.63, 3.8) is 0 Å². The number of piperidine rings is 1. The molecular formula is C16H24N4O3S. The number of fused-ring (bicyclic) bond motifs is 4. The number of hydrogen-bond donors (Lipinski definition) is 0. The number of hydrogen-bond acceptors (Lipinski definition) is 4. The molecule has 24 heavy (non-hydrogen) atoms. The molecule has 0 aliphatic carbocycles. The SMILES string of the molecule is CC(C)=CCN1C(=O)[C@H]2CC[C@@H]1CN(S(=O)(=O)c1cnn(C)c1)C2. The molecule has 0 spiro atoms. The van der Waals surface area contributed by atoms with Crippen LogP contribution in [0, 0.1) is 5.92 Å². The van der Waals surface area contributed by atoms with Crippen LogP contribution < -0.4 is 0 Å². The largest absolute Gasteiger partial charge is 0.334 e. The van der Waals surface area contributed by atoms with Crippen LogP contribution in [0.1, 0.15) is 26.7 Å². The van der Waals surface area contributed by atoms with E-state index in [1.54, 1.807) is 7.05 Å². The summed E-state index contributed by atoms with van der Waals surface area (Å²) in [5, 5.41) is 3.96. The fourth-order valence-electron chi connectivity index (χ4n) is 3.40. The predicted molar refractivity (Wildman–Crippen MR) is 89.6 cm³/mol. The van der Waals surface area contributed by atoms with Crippen LogP contribution >= 0.6 is 0 Å². The van der Waals surface area contributed by atoms with E-state index in [1.807, 2.05) is 24.8 Å². The number of aromatic nitrogens is 2. The molecule has 7 nitrogen and oxygen atoms in total. The van der Waals surface area contributed by atoms with Crippen molar-refractivity contribution in [1.82, 2.24) is 19.0 Å². The Morgan fingerprint density at radius 1 is 1.33 bits per heavy atom. The third-order valence-electron chi connectivity index (χ3n) is 4.78. The first-order valence-electron chi connectivity index (χ1n) is 8.21. The molecule has 0 aromatic carbocycles. The lowest BCUT2D eigenvalue weighted by atomic mass is 9.94. The van der Waals surface area contributed by atoms with Gasteiger partial charge in [0.25, 0.3) is 0 Å². The third-order valence-corrected chi connectivity index (χ3v) is 6.56. The Morgan fingerprint density at radius 3 is 2.71 bits per heavy atom. The average molecular weight is 352 g/mol. The van der Waals surface area contributed by atoms with Crippen LogP contribution in [0.2, 0.25) is 0 Å². The van der Waals surface area contributed by atoms with E-state index in [1.165, 1.54) is 21.4 Å². The first-order valence-corrected chi connectivity index (χ1v) is 9.65. The second kappa shape index (κ2) is 6.33. The molecule has 8 heteroatoms. The lowest BCUT2D eigenvalue weighted by Crippen LogP contribution is -2.48. The highest BCUT2D eigenvalue weighted by Crippen LogP contribution is 2.31. The molecule has 3 fully saturated rings. The smallest absolute Gasteiger partial charge is 0.246 e. The monoisotopic (exact) mass is 352 g/mol. The van der Waals surface area contributed by atoms with Crippen molar-refractivity contribution in [3.8, 4) is 0 Å². The molecule has 1 aromatic rings. The van der Waals surface area contributed by atoms with Gasteiger partial charge >= 0.3 is 0 Å². The fraction of sp³-hybridized carbons (Fsp3) is 0.625. The molecule has 0 saturated carbocycles. The number of nitrogens with zero attached hydrogens (tertiary/aromatic N) is 4. The number of sulfonamides is 1. The van der Waals surface area contributed by atoms with Crippen LogP contribution in [-0.2, 0) is 21.9 Å². The van der Waals surface area contributed by atoms with Crippen molar-refractivity contribution < 1.29 is 13.2 Å². The zero-order valence-electron chi connectivity index (χ0n) is 14.3. The zero-order chi connectivity index (χ0) is 17.5. The molecule has 2 atom stereocenters. The topological polar surface area (TPSA) is 75.5 Å². The Morgan fingerprint density at radius 2 is 2.08 bits per heavy atom. The minimum absolute atomic E-state index is 0.0571. The first kappa shape index (κ1) is 17.2. The molecule has 132 valence electrons. The van der Waals surface area contributed by atoms with Gasteiger partial charge in [0, 0.05) is 38.9 Å². The lowest BCUT2D eigenvalue weighted by molar-refractivity contribution is -0.139. The van der Waals surface area contributed by atoms with Gasteiger partial charge in [-0.05, 0) is 26.7 Å². The van der Waals surface area contributed by atoms with Crippen LogP contribution in [-0.4, -0.2) is 59.0 Å². The van der Waals surface area contributed by atoms with Gasteiger partial charge in [-0.15, -0.1) is 0 Å². The van der Waals surface area contributed by atoms with E-state index in [2.05, 4.69) is 5.10 Å². The van der Waals surface area contributed by atoms with Crippen LogP contribution in [0.4, 0.5) is 0 Å². The van der Waals surface area contributed by atoms with Crippen LogP contribution in [0.15, 0.2) is 28.9 Å². The van der Waals surface area contributed by atoms with Crippen molar-refractivity contribution in [1.29, 1.82) is 0 Å². The number of aryl methyl sites for hydroxylation is 1. The molecule has 0 unspecified atom stereocenters. The number of amides is 1. The summed E-state index contributed by atoms with van der Waals surface area (Å²) in [4.78, 5) is 14.7. The van der Waals surface area contributed by atoms with Gasteiger partial charge < -0.3 is 4.90 Å². The minimum Gasteiger partial charge on any atom is -0.334 e. The number of carbonyl (C=O) groups is 1. The van der Waals surface area contributed by atoms with Gasteiger partial charge in [-0.1, -0.05) is 11.6 Å². The summed E-state index contributed by atoms with van der Waals surface area (Å²) < 4.78 is 28.7. The van der Waals surface area contributed by atoms with Crippen molar-refractivity contribution in [2.45, 2.75) is 37.6 Å². The maximum Gasteiger partial charge on any atom is 0.246 e. The minimum atomic E-state index is -3.61. The van der Waals surface area contributed by atoms with E-state index < -0.39 is 10.0 Å². The molecule has 0 N–H and O–H groups in total. The van der Waals surface area contributed by atoms with Gasteiger partial charge in [0.2, 0.25) is 15.9 Å². The van der Waals surface area contributed by atoms with Gasteiger partial charge in [-0.25, -0.2) is 8.42 Å². The maximum absolute atomic E-state index is 12.9. The zero-order valence-corrected chi connectivity index (χ0v) is 15.2. The Hall–Kier alpha value is -1.67. The molecule has 3 aliphatic rings. The molecule has 1 aromatic heterocycles. The van der Waals surface area contributed by atoms with E-state index in [-0.39, 0.29) is 29.3 Å². The summed E-state index contributed by atoms with van der Waals surface area (Å²) in [6.45, 7) is 5.18. The summed E-state index contributed by atoms with van der Waals surface area (Å²) in [5.41, 5.74) is 1.16. The normalized spacial score (nSPS) is 25.0. The van der Waals surface area contributed by atoms with Crippen molar-refractivity contribution in [2.75, 3.05) is 19.6 Å². The highest BCUT2D eigenvalue weighted by Gasteiger charge is 2.43. The van der Waals surface area contributed by atoms with Gasteiger partial charge in [-0.3, -0.25) is 9.48 Å². The van der Waals surface area contributed by atoms with E-state index in [9.17, 15) is 13.2 Å². The van der Waals surface area contributed by atoms with E-state index in [0.717, 1.165) is 18.4 Å². The molecule has 4 heterocycles. The quantitative estimate of drug-likeness (QED) is 0.758. The highest BCUT2D eigenvalue weighted by molar-refractivity contribution is 7.89. The maximum atomic E-state index is 12.9. The van der Waals surface area contributed by atoms with Gasteiger partial charge in [0.15, 0.2) is 0 Å². The van der Waals surface area contributed by atoms with Gasteiger partial charge in [0.1, 0.15) is 4.90 Å². The van der Waals surface area contributed by atoms with Crippen molar-refractivity contribution in [3.05, 3.63) is 24.0 Å². The molecule has 3 saturated heterocycles. The number of allylic oxidation sites excluding steroid dienone is 1. The Kier molecular flexibility index (Phi) is 4.52. The summed E-state index contributed by atoms with van der Waals surface area (Å²) in [7, 11) is -1.92. The number of carbonyl (C=O) groups excluding carboxylic acids is 1. The number of rotatable bonds is 4. The fourth-order valence-corrected chi connectivity index (χ4v) is 4.91. The predicted octanol–water partition coefficient (Wildman–Crippen LogP) is 0.998. The van der Waals surface area contributed by atoms with Crippen LogP contribution in [0.5, 0.6) is 0 Å². The standard InChI is InChI=1S/C16H24N4O3S/c1-12(2)6-7-20-14-5-4-13(16(20)21)9-19(10-14)24(22,23)15-8-17-18(3)11-15/h6,8,11,13-14H,4-5,7,9-10H2,1-3H3/t13-,14+/m0/s1. The van der Waals surface area contributed by atoms with Gasteiger partial charge in [0.05, 0.1) is 12.1 Å². The molecule has 2 bridgehead atoms. The molecule has 1 amide bonds. The van der Waals surface area contributed by atoms with E-state index in [4.69, 9.17) is 0 Å². The molecule has 3 aliphatic heterocycles. The van der Waals surface area contributed by atoms with Crippen LogP contribution in [0.3, 0.4) is 0 Å². The Balaban J connectivity index is 1.87. The summed E-state index contributed by atoms with van der Waals surface area (Å²) in [6, 6.07) is -0.0571. The molecule has 0 radical (unpaired) electrons. The van der Waals surface area contributed by atoms with Gasteiger partial charge in [-0.2, -0.15) is 9.40 Å². The molecule has 4 rings (SSSR count). The Labute approximate surface area is 143 Å². The first-order chi connectivity index (χ1) is 11.3. The van der Waals surface area contributed by atoms with Crippen LogP contribution in [0.25, 0.3) is 0 Å². The Bertz CT molecular complexity index is 764. The highest BCUT2D eigenvalue weighted by atomic mass is 32.2. The average Bonchev–Trinajstić information content (AvgIpc) is 2.77. The summed E-state index contributed by atoms with van der Waals surface area (Å²) >= 11 is 0. The lowest BCUT2D eigenvalue weighted by Gasteiger charge is -2.35. The second-order valence-electron chi connectivity index (χ2n) is 6.87. The van der Waals surface area contributed by atoms with E-state index in [0.29, 0.717) is 13.1 Å². The second-order valence-corrected chi connectivity index (χ2v) is 8.81. The van der Waals surface area contributed by atoms with Crippen molar-refractivity contribution in [2.24, 2.45) is 13.0 Å². The summed E-state index contributed by atoms with van der Waals surface area (Å²) in [5.74, 6) is -0.173. The summed E-state index contributed by atoms with van der Waals surface area (Å²) in [6.07, 6.45) is 6.51.